The summed E-state index contributed by atoms with van der Waals surface area (Å²) >= 11 is 1.72. The number of ether oxygens (including phenoxy) is 1. The van der Waals surface area contributed by atoms with E-state index in [-0.39, 0.29) is 5.97 Å². The Morgan fingerprint density at radius 3 is 2.45 bits per heavy atom. The second kappa shape index (κ2) is 11.3. The third kappa shape index (κ3) is 7.31. The van der Waals surface area contributed by atoms with Gasteiger partial charge >= 0.3 is 5.97 Å². The standard InChI is InChI=1S/C25H27NO2S/c1-2-28-25(27)18-21-13-15-23(16-14-21)29-24-12-6-11-22(19-24)26-17-7-10-20-8-4-3-5-9-20/h3-6,8-9,11-16,19,26H,2,7,10,17-18H2,1H3. The number of aryl methyl sites for hydroxylation is 1. The summed E-state index contributed by atoms with van der Waals surface area (Å²) in [7, 11) is 0. The molecular formula is C25H27NO2S. The number of nitrogens with one attached hydrogen (secondary N) is 1. The Hall–Kier alpha value is -2.72. The van der Waals surface area contributed by atoms with Gasteiger partial charge in [0.1, 0.15) is 0 Å². The third-order valence-electron chi connectivity index (χ3n) is 4.46. The van der Waals surface area contributed by atoms with Crippen molar-refractivity contribution in [1.82, 2.24) is 0 Å². The van der Waals surface area contributed by atoms with Gasteiger partial charge in [0.05, 0.1) is 13.0 Å². The van der Waals surface area contributed by atoms with Crippen LogP contribution in [0.2, 0.25) is 0 Å². The van der Waals surface area contributed by atoms with Crippen LogP contribution >= 0.6 is 11.8 Å². The van der Waals surface area contributed by atoms with Gasteiger partial charge in [-0.2, -0.15) is 0 Å². The van der Waals surface area contributed by atoms with Gasteiger partial charge in [-0.3, -0.25) is 4.79 Å². The molecule has 1 N–H and O–H groups in total. The molecule has 3 nitrogen and oxygen atoms in total. The Bertz CT molecular complexity index is 894. The highest BCUT2D eigenvalue weighted by molar-refractivity contribution is 7.99. The van der Waals surface area contributed by atoms with E-state index >= 15 is 0 Å². The highest BCUT2D eigenvalue weighted by atomic mass is 32.2. The summed E-state index contributed by atoms with van der Waals surface area (Å²) in [5, 5.41) is 3.52. The fraction of sp³-hybridized carbons (Fsp3) is 0.240. The van der Waals surface area contributed by atoms with Crippen molar-refractivity contribution in [3.05, 3.63) is 90.0 Å². The normalized spacial score (nSPS) is 10.5. The highest BCUT2D eigenvalue weighted by Crippen LogP contribution is 2.29. The molecule has 0 aliphatic heterocycles. The number of hydrogen-bond acceptors (Lipinski definition) is 4. The zero-order valence-corrected chi connectivity index (χ0v) is 17.6. The van der Waals surface area contributed by atoms with Crippen LogP contribution in [-0.2, 0) is 22.4 Å². The molecule has 0 aliphatic rings. The van der Waals surface area contributed by atoms with Gasteiger partial charge in [-0.25, -0.2) is 0 Å². The Kier molecular flexibility index (Phi) is 8.20. The molecule has 0 saturated carbocycles. The molecule has 150 valence electrons. The molecule has 0 aliphatic carbocycles. The van der Waals surface area contributed by atoms with Crippen molar-refractivity contribution in [3.63, 3.8) is 0 Å². The van der Waals surface area contributed by atoms with Gasteiger partial charge in [-0.05, 0) is 61.2 Å². The molecule has 0 aromatic heterocycles. The monoisotopic (exact) mass is 405 g/mol. The molecule has 0 atom stereocenters. The first-order valence-electron chi connectivity index (χ1n) is 10.0. The molecule has 0 radical (unpaired) electrons. The minimum absolute atomic E-state index is 0.182. The lowest BCUT2D eigenvalue weighted by atomic mass is 10.1. The van der Waals surface area contributed by atoms with Crippen LogP contribution in [0.5, 0.6) is 0 Å². The molecule has 0 saturated heterocycles. The van der Waals surface area contributed by atoms with Crippen LogP contribution in [0, 0.1) is 0 Å². The minimum Gasteiger partial charge on any atom is -0.466 e. The van der Waals surface area contributed by atoms with E-state index in [4.69, 9.17) is 4.74 Å². The summed E-state index contributed by atoms with van der Waals surface area (Å²) in [6, 6.07) is 27.2. The van der Waals surface area contributed by atoms with Gasteiger partial charge in [0.15, 0.2) is 0 Å². The lowest BCUT2D eigenvalue weighted by Gasteiger charge is -2.09. The van der Waals surface area contributed by atoms with Gasteiger partial charge in [-0.1, -0.05) is 60.3 Å². The van der Waals surface area contributed by atoms with Crippen LogP contribution in [0.25, 0.3) is 0 Å². The smallest absolute Gasteiger partial charge is 0.310 e. The number of esters is 1. The number of carbonyl (C=O) groups excluding carboxylic acids is 1. The summed E-state index contributed by atoms with van der Waals surface area (Å²) in [6.45, 7) is 3.19. The van der Waals surface area contributed by atoms with Crippen LogP contribution in [-0.4, -0.2) is 19.1 Å². The Labute approximate surface area is 177 Å². The maximum atomic E-state index is 11.6. The van der Waals surface area contributed by atoms with E-state index in [1.54, 1.807) is 11.8 Å². The quantitative estimate of drug-likeness (QED) is 0.332. The number of carbonyl (C=O) groups is 1. The molecule has 0 amide bonds. The first kappa shape index (κ1) is 21.0. The first-order valence-corrected chi connectivity index (χ1v) is 10.8. The van der Waals surface area contributed by atoms with Gasteiger partial charge in [0.25, 0.3) is 0 Å². The zero-order valence-electron chi connectivity index (χ0n) is 16.8. The average molecular weight is 406 g/mol. The molecule has 29 heavy (non-hydrogen) atoms. The fourth-order valence-corrected chi connectivity index (χ4v) is 3.91. The van der Waals surface area contributed by atoms with Crippen LogP contribution in [0.4, 0.5) is 5.69 Å². The van der Waals surface area contributed by atoms with Crippen LogP contribution in [0.3, 0.4) is 0 Å². The zero-order chi connectivity index (χ0) is 20.3. The topological polar surface area (TPSA) is 38.3 Å². The van der Waals surface area contributed by atoms with E-state index in [2.05, 4.69) is 72.0 Å². The summed E-state index contributed by atoms with van der Waals surface area (Å²) in [4.78, 5) is 13.9. The Balaban J connectivity index is 1.48. The van der Waals surface area contributed by atoms with Gasteiger partial charge in [0.2, 0.25) is 0 Å². The predicted octanol–water partition coefficient (Wildman–Crippen LogP) is 5.99. The maximum Gasteiger partial charge on any atom is 0.310 e. The Morgan fingerprint density at radius 2 is 1.69 bits per heavy atom. The lowest BCUT2D eigenvalue weighted by Crippen LogP contribution is -2.07. The number of rotatable bonds is 10. The summed E-state index contributed by atoms with van der Waals surface area (Å²) in [5.41, 5.74) is 3.49. The van der Waals surface area contributed by atoms with Gasteiger partial charge < -0.3 is 10.1 Å². The summed E-state index contributed by atoms with van der Waals surface area (Å²) < 4.78 is 5.00. The number of benzene rings is 3. The van der Waals surface area contributed by atoms with Crippen molar-refractivity contribution in [2.24, 2.45) is 0 Å². The van der Waals surface area contributed by atoms with Gasteiger partial charge in [-0.15, -0.1) is 0 Å². The van der Waals surface area contributed by atoms with E-state index < -0.39 is 0 Å². The molecule has 3 aromatic rings. The average Bonchev–Trinajstić information content (AvgIpc) is 2.74. The fourth-order valence-electron chi connectivity index (χ4n) is 3.03. The van der Waals surface area contributed by atoms with E-state index in [1.165, 1.54) is 10.5 Å². The Morgan fingerprint density at radius 1 is 0.897 bits per heavy atom. The van der Waals surface area contributed by atoms with Crippen molar-refractivity contribution < 1.29 is 9.53 Å². The molecule has 0 fully saturated rings. The van der Waals surface area contributed by atoms with Crippen LogP contribution in [0.1, 0.15) is 24.5 Å². The van der Waals surface area contributed by atoms with E-state index in [0.717, 1.165) is 35.5 Å². The summed E-state index contributed by atoms with van der Waals surface area (Å²) in [5.74, 6) is -0.182. The van der Waals surface area contributed by atoms with Crippen LogP contribution in [0.15, 0.2) is 88.7 Å². The van der Waals surface area contributed by atoms with E-state index in [9.17, 15) is 4.79 Å². The molecular weight excluding hydrogens is 378 g/mol. The largest absolute Gasteiger partial charge is 0.466 e. The molecule has 0 unspecified atom stereocenters. The SMILES string of the molecule is CCOC(=O)Cc1ccc(Sc2cccc(NCCCc3ccccc3)c2)cc1. The summed E-state index contributed by atoms with van der Waals surface area (Å²) in [6.07, 6.45) is 2.50. The molecule has 0 spiro atoms. The minimum atomic E-state index is -0.182. The molecule has 4 heteroatoms. The second-order valence-electron chi connectivity index (χ2n) is 6.77. The lowest BCUT2D eigenvalue weighted by molar-refractivity contribution is -0.142. The molecule has 0 bridgehead atoms. The molecule has 3 aromatic carbocycles. The van der Waals surface area contributed by atoms with E-state index in [1.807, 2.05) is 19.1 Å². The van der Waals surface area contributed by atoms with Gasteiger partial charge in [0, 0.05) is 22.0 Å². The number of anilines is 1. The van der Waals surface area contributed by atoms with Crippen molar-refractivity contribution in [2.45, 2.75) is 36.0 Å². The van der Waals surface area contributed by atoms with Crippen molar-refractivity contribution >= 4 is 23.4 Å². The van der Waals surface area contributed by atoms with Crippen molar-refractivity contribution in [3.8, 4) is 0 Å². The van der Waals surface area contributed by atoms with Crippen molar-refractivity contribution in [1.29, 1.82) is 0 Å². The first-order chi connectivity index (χ1) is 14.2. The second-order valence-corrected chi connectivity index (χ2v) is 7.92. The predicted molar refractivity (Wildman–Crippen MR) is 121 cm³/mol. The van der Waals surface area contributed by atoms with E-state index in [0.29, 0.717) is 13.0 Å². The molecule has 3 rings (SSSR count). The number of hydrogen-bond donors (Lipinski definition) is 1. The third-order valence-corrected chi connectivity index (χ3v) is 5.46. The highest BCUT2D eigenvalue weighted by Gasteiger charge is 2.05. The van der Waals surface area contributed by atoms with Crippen molar-refractivity contribution in [2.75, 3.05) is 18.5 Å². The molecule has 0 heterocycles. The maximum absolute atomic E-state index is 11.6. The van der Waals surface area contributed by atoms with Crippen LogP contribution < -0.4 is 5.32 Å².